The first-order valence-electron chi connectivity index (χ1n) is 10.2. The van der Waals surface area contributed by atoms with Crippen molar-refractivity contribution in [2.45, 2.75) is 71.0 Å². The van der Waals surface area contributed by atoms with Gasteiger partial charge in [0.25, 0.3) is 5.79 Å². The predicted octanol–water partition coefficient (Wildman–Crippen LogP) is 4.69. The van der Waals surface area contributed by atoms with Crippen LogP contribution in [0.15, 0.2) is 42.2 Å². The predicted molar refractivity (Wildman–Crippen MR) is 109 cm³/mol. The summed E-state index contributed by atoms with van der Waals surface area (Å²) in [6.45, 7) is 4.44. The van der Waals surface area contributed by atoms with Crippen LogP contribution in [0.3, 0.4) is 0 Å². The third kappa shape index (κ3) is 8.30. The monoisotopic (exact) mass is 376 g/mol. The van der Waals surface area contributed by atoms with E-state index in [0.717, 1.165) is 26.4 Å². The summed E-state index contributed by atoms with van der Waals surface area (Å²) in [4.78, 5) is 11.2. The molecule has 3 atom stereocenters. The molecule has 0 spiro atoms. The molecule has 0 bridgehead atoms. The van der Waals surface area contributed by atoms with Gasteiger partial charge in [0.05, 0.1) is 7.11 Å². The van der Waals surface area contributed by atoms with E-state index in [4.69, 9.17) is 0 Å². The smallest absolute Gasteiger partial charge is 0.366 e. The van der Waals surface area contributed by atoms with E-state index in [9.17, 15) is 15.0 Å². The normalized spacial score (nSPS) is 22.0. The Hall–Kier alpha value is -1.61. The van der Waals surface area contributed by atoms with Crippen LogP contribution in [-0.4, -0.2) is 29.1 Å². The molecule has 152 valence electrons. The molecule has 0 saturated heterocycles. The second kappa shape index (κ2) is 12.7. The highest BCUT2D eigenvalue weighted by Gasteiger charge is 2.33. The molecule has 4 heteroatoms. The molecule has 0 radical (unpaired) electrons. The average molecular weight is 377 g/mol. The highest BCUT2D eigenvalue weighted by molar-refractivity contribution is 5.77. The number of allylic oxidation sites excluding steroid dienone is 4. The van der Waals surface area contributed by atoms with Gasteiger partial charge in [0.15, 0.2) is 0 Å². The topological polar surface area (TPSA) is 66.8 Å². The number of carbonyl (C=O) groups excluding carboxylic acids is 1. The van der Waals surface area contributed by atoms with E-state index in [1.165, 1.54) is 31.8 Å². The largest absolute Gasteiger partial charge is 0.465 e. The first-order valence-corrected chi connectivity index (χ1v) is 10.2. The Balaban J connectivity index is 2.54. The van der Waals surface area contributed by atoms with Crippen LogP contribution in [0.2, 0.25) is 0 Å². The number of rotatable bonds is 12. The van der Waals surface area contributed by atoms with Crippen LogP contribution in [0, 0.1) is 17.8 Å². The van der Waals surface area contributed by atoms with Crippen molar-refractivity contribution in [1.29, 1.82) is 0 Å². The molecule has 0 aliphatic heterocycles. The maximum absolute atomic E-state index is 11.2. The van der Waals surface area contributed by atoms with Gasteiger partial charge in [-0.3, -0.25) is 0 Å². The highest BCUT2D eigenvalue weighted by atomic mass is 16.6. The minimum atomic E-state index is -2.49. The Morgan fingerprint density at radius 3 is 2.63 bits per heavy atom. The van der Waals surface area contributed by atoms with E-state index in [1.54, 1.807) is 0 Å². The Labute approximate surface area is 164 Å². The van der Waals surface area contributed by atoms with Gasteiger partial charge in [0.2, 0.25) is 0 Å². The van der Waals surface area contributed by atoms with Crippen LogP contribution < -0.4 is 0 Å². The fourth-order valence-electron chi connectivity index (χ4n) is 3.50. The number of aliphatic hydroxyl groups is 2. The third-order valence-corrected chi connectivity index (χ3v) is 5.20. The number of hydrogen-bond acceptors (Lipinski definition) is 4. The number of methoxy groups -OCH3 is 1. The zero-order valence-corrected chi connectivity index (χ0v) is 17.1. The second-order valence-corrected chi connectivity index (χ2v) is 7.30. The number of ether oxygens (including phenoxy) is 1. The molecule has 0 amide bonds. The highest BCUT2D eigenvalue weighted by Crippen LogP contribution is 2.36. The van der Waals surface area contributed by atoms with Crippen molar-refractivity contribution >= 4 is 5.97 Å². The lowest BCUT2D eigenvalue weighted by Gasteiger charge is -2.21. The Morgan fingerprint density at radius 2 is 1.96 bits per heavy atom. The second-order valence-electron chi connectivity index (χ2n) is 7.30. The van der Waals surface area contributed by atoms with E-state index in [-0.39, 0.29) is 6.42 Å². The van der Waals surface area contributed by atoms with Gasteiger partial charge in [-0.25, -0.2) is 4.79 Å². The number of esters is 1. The summed E-state index contributed by atoms with van der Waals surface area (Å²) in [7, 11) is 1.12. The molecule has 0 aromatic carbocycles. The fourth-order valence-corrected chi connectivity index (χ4v) is 3.50. The van der Waals surface area contributed by atoms with Crippen LogP contribution in [0.25, 0.3) is 0 Å². The summed E-state index contributed by atoms with van der Waals surface area (Å²) in [5.41, 5.74) is 2.97. The third-order valence-electron chi connectivity index (χ3n) is 5.20. The van der Waals surface area contributed by atoms with Gasteiger partial charge in [-0.15, -0.1) is 5.73 Å². The van der Waals surface area contributed by atoms with Gasteiger partial charge in [0.1, 0.15) is 0 Å². The van der Waals surface area contributed by atoms with Gasteiger partial charge >= 0.3 is 5.97 Å². The Morgan fingerprint density at radius 1 is 1.19 bits per heavy atom. The van der Waals surface area contributed by atoms with E-state index in [2.05, 4.69) is 48.6 Å². The zero-order chi connectivity index (χ0) is 20.1. The van der Waals surface area contributed by atoms with Crippen LogP contribution >= 0.6 is 0 Å². The molecule has 0 aromatic rings. The number of carbonyl (C=O) groups is 1. The molecular weight excluding hydrogens is 340 g/mol. The van der Waals surface area contributed by atoms with Crippen molar-refractivity contribution in [3.63, 3.8) is 0 Å². The van der Waals surface area contributed by atoms with Gasteiger partial charge in [-0.2, -0.15) is 0 Å². The summed E-state index contributed by atoms with van der Waals surface area (Å²) in [6, 6.07) is 0. The molecule has 1 rings (SSSR count). The Bertz CT molecular complexity index is 553. The van der Waals surface area contributed by atoms with Gasteiger partial charge < -0.3 is 14.9 Å². The van der Waals surface area contributed by atoms with Crippen molar-refractivity contribution in [2.24, 2.45) is 17.8 Å². The average Bonchev–Trinajstić information content (AvgIpc) is 3.05. The molecular formula is C23H36O4. The summed E-state index contributed by atoms with van der Waals surface area (Å²) in [5.74, 6) is -2.03. The minimum absolute atomic E-state index is 0.239. The fraction of sp³-hybridized carbons (Fsp3) is 0.652. The van der Waals surface area contributed by atoms with Crippen LogP contribution in [0.4, 0.5) is 0 Å². The Kier molecular flexibility index (Phi) is 11.0. The zero-order valence-electron chi connectivity index (χ0n) is 17.1. The first-order chi connectivity index (χ1) is 13.0. The number of hydrogen-bond donors (Lipinski definition) is 2. The molecule has 1 aliphatic carbocycles. The minimum Gasteiger partial charge on any atom is -0.465 e. The van der Waals surface area contributed by atoms with Crippen LogP contribution in [0.1, 0.15) is 65.2 Å². The molecule has 2 N–H and O–H groups in total. The summed E-state index contributed by atoms with van der Waals surface area (Å²) in [6.07, 6.45) is 20.7. The van der Waals surface area contributed by atoms with E-state index in [0.29, 0.717) is 17.8 Å². The van der Waals surface area contributed by atoms with Gasteiger partial charge in [-0.1, -0.05) is 57.4 Å². The standard InChI is InChI=1S/C23H36O4/c1-4-6-7-8-9-11-14-20-17-16-19(5-2)21(20)15-12-10-13-18-23(25,26)22(24)27-3/h11-14,16-17,19-21,25-26H,4-9,15,18H2,1-3H3/t10?,19-,20-,21+/m0/s1. The van der Waals surface area contributed by atoms with Crippen molar-refractivity contribution in [2.75, 3.05) is 7.11 Å². The van der Waals surface area contributed by atoms with E-state index >= 15 is 0 Å². The quantitative estimate of drug-likeness (QED) is 0.170. The van der Waals surface area contributed by atoms with Crippen LogP contribution in [-0.2, 0) is 9.53 Å². The first kappa shape index (κ1) is 23.4. The van der Waals surface area contributed by atoms with Crippen molar-refractivity contribution < 1.29 is 19.7 Å². The lowest BCUT2D eigenvalue weighted by Crippen LogP contribution is -2.38. The van der Waals surface area contributed by atoms with Crippen molar-refractivity contribution in [3.8, 4) is 0 Å². The molecule has 0 saturated carbocycles. The van der Waals surface area contributed by atoms with Gasteiger partial charge in [-0.05, 0) is 55.6 Å². The van der Waals surface area contributed by atoms with Crippen molar-refractivity contribution in [1.82, 2.24) is 0 Å². The lowest BCUT2D eigenvalue weighted by molar-refractivity contribution is -0.205. The van der Waals surface area contributed by atoms with E-state index in [1.807, 2.05) is 6.08 Å². The maximum atomic E-state index is 11.2. The molecule has 4 nitrogen and oxygen atoms in total. The molecule has 0 unspecified atom stereocenters. The molecule has 0 heterocycles. The summed E-state index contributed by atoms with van der Waals surface area (Å²) < 4.78 is 4.35. The maximum Gasteiger partial charge on any atom is 0.366 e. The number of unbranched alkanes of at least 4 members (excludes halogenated alkanes) is 4. The SMILES string of the molecule is CCCCCCC=C[C@H]1C=C[C@H](CC)[C@H]1CC=C=CCC(O)(O)C(=O)OC. The summed E-state index contributed by atoms with van der Waals surface area (Å²) >= 11 is 0. The summed E-state index contributed by atoms with van der Waals surface area (Å²) in [5, 5.41) is 19.1. The molecule has 0 fully saturated rings. The molecule has 1 aliphatic rings. The van der Waals surface area contributed by atoms with E-state index < -0.39 is 11.8 Å². The van der Waals surface area contributed by atoms with Gasteiger partial charge in [0, 0.05) is 6.42 Å². The van der Waals surface area contributed by atoms with Crippen LogP contribution in [0.5, 0.6) is 0 Å². The van der Waals surface area contributed by atoms with Crippen molar-refractivity contribution in [3.05, 3.63) is 42.2 Å². The molecule has 0 aromatic heterocycles. The lowest BCUT2D eigenvalue weighted by atomic mass is 9.83. The molecule has 27 heavy (non-hydrogen) atoms.